The van der Waals surface area contributed by atoms with Crippen molar-refractivity contribution >= 4 is 28.5 Å². The molecule has 2 aliphatic heterocycles. The van der Waals surface area contributed by atoms with E-state index in [2.05, 4.69) is 76.0 Å². The van der Waals surface area contributed by atoms with Crippen LogP contribution in [-0.2, 0) is 34.0 Å². The molecule has 1 amide bonds. The predicted octanol–water partition coefficient (Wildman–Crippen LogP) is 5.06. The molecule has 2 atom stereocenters. The molecule has 3 aromatic rings. The Balaban J connectivity index is 1.25. The number of carbonyl (C=O) groups is 1. The van der Waals surface area contributed by atoms with E-state index in [1.165, 1.54) is 9.13 Å². The third kappa shape index (κ3) is 7.02. The minimum atomic E-state index is -0.528. The molecule has 198 valence electrons. The van der Waals surface area contributed by atoms with Gasteiger partial charge in [-0.15, -0.1) is 0 Å². The second kappa shape index (κ2) is 12.9. The maximum atomic E-state index is 13.6. The van der Waals surface area contributed by atoms with Crippen molar-refractivity contribution in [2.45, 2.75) is 38.4 Å². The van der Waals surface area contributed by atoms with Crippen molar-refractivity contribution in [3.8, 4) is 0 Å². The Morgan fingerprint density at radius 3 is 2.26 bits per heavy atom. The van der Waals surface area contributed by atoms with Gasteiger partial charge in [0, 0.05) is 48.6 Å². The molecule has 0 aliphatic carbocycles. The molecule has 1 fully saturated rings. The first-order valence-electron chi connectivity index (χ1n) is 13.1. The third-order valence-electron chi connectivity index (χ3n) is 7.12. The van der Waals surface area contributed by atoms with Crippen LogP contribution < -0.4 is 0 Å². The fraction of sp³-hybridized carbons (Fsp3) is 0.323. The van der Waals surface area contributed by atoms with Crippen LogP contribution in [0.2, 0.25) is 0 Å². The maximum Gasteiger partial charge on any atom is 0.288 e. The highest BCUT2D eigenvalue weighted by Crippen LogP contribution is 2.33. The molecular weight excluding hydrogens is 591 g/mol. The van der Waals surface area contributed by atoms with Crippen LogP contribution in [0.25, 0.3) is 0 Å². The molecule has 0 saturated carbocycles. The first kappa shape index (κ1) is 26.9. The van der Waals surface area contributed by atoms with Crippen LogP contribution in [0.3, 0.4) is 0 Å². The van der Waals surface area contributed by atoms with Crippen LogP contribution >= 0.6 is 22.6 Å². The molecule has 6 nitrogen and oxygen atoms in total. The van der Waals surface area contributed by atoms with Crippen molar-refractivity contribution in [2.75, 3.05) is 26.2 Å². The van der Waals surface area contributed by atoms with Gasteiger partial charge in [0.05, 0.1) is 13.2 Å². The van der Waals surface area contributed by atoms with Gasteiger partial charge in [0.2, 0.25) is 6.29 Å². The lowest BCUT2D eigenvalue weighted by Gasteiger charge is -2.36. The monoisotopic (exact) mass is 624 g/mol. The zero-order valence-electron chi connectivity index (χ0n) is 21.3. The minimum absolute atomic E-state index is 0.0152. The largest absolute Gasteiger partial charge is 0.459 e. The molecule has 0 spiro atoms. The number of piperazine rings is 1. The lowest BCUT2D eigenvalue weighted by molar-refractivity contribution is -0.157. The number of allylic oxidation sites excluding steroid dienone is 1. The number of amides is 1. The molecule has 3 aromatic carbocycles. The van der Waals surface area contributed by atoms with E-state index in [0.717, 1.165) is 36.3 Å². The predicted molar refractivity (Wildman–Crippen MR) is 155 cm³/mol. The number of ether oxygens (including phenoxy) is 2. The van der Waals surface area contributed by atoms with E-state index in [-0.39, 0.29) is 18.4 Å². The number of halogens is 1. The minimum Gasteiger partial charge on any atom is -0.459 e. The summed E-state index contributed by atoms with van der Waals surface area (Å²) in [6.07, 6.45) is 2.08. The van der Waals surface area contributed by atoms with Gasteiger partial charge in [-0.3, -0.25) is 9.69 Å². The highest BCUT2D eigenvalue weighted by atomic mass is 127. The van der Waals surface area contributed by atoms with E-state index in [4.69, 9.17) is 9.47 Å². The Hall–Kier alpha value is -2.72. The topological polar surface area (TPSA) is 62.2 Å². The number of carbonyl (C=O) groups excluding carboxylic acids is 1. The van der Waals surface area contributed by atoms with E-state index in [1.807, 2.05) is 41.3 Å². The van der Waals surface area contributed by atoms with Crippen LogP contribution in [0.5, 0.6) is 0 Å². The lowest BCUT2D eigenvalue weighted by atomic mass is 9.93. The van der Waals surface area contributed by atoms with Crippen molar-refractivity contribution in [3.63, 3.8) is 0 Å². The molecule has 0 radical (unpaired) electrons. The lowest BCUT2D eigenvalue weighted by Crippen LogP contribution is -2.49. The first-order chi connectivity index (χ1) is 18.6. The number of rotatable bonds is 8. The molecular formula is C31H33IN2O4. The quantitative estimate of drug-likeness (QED) is 0.356. The standard InChI is InChI=1S/C31H33IN2O4/c32-28-12-10-26(11-13-28)27-18-29(38-30(19-27)37-22-25-8-6-24(21-35)7-9-25)31(36)34-16-14-33(15-17-34)20-23-4-2-1-3-5-23/h1-13,18,27,30,35H,14-17,19-22H2/t27-,30+/m1/s1. The zero-order chi connectivity index (χ0) is 26.3. The van der Waals surface area contributed by atoms with Crippen molar-refractivity contribution in [2.24, 2.45) is 0 Å². The van der Waals surface area contributed by atoms with Gasteiger partial charge in [-0.05, 0) is 63.1 Å². The molecule has 0 unspecified atom stereocenters. The second-order valence-corrected chi connectivity index (χ2v) is 11.1. The summed E-state index contributed by atoms with van der Waals surface area (Å²) in [7, 11) is 0. The number of hydrogen-bond acceptors (Lipinski definition) is 5. The van der Waals surface area contributed by atoms with Gasteiger partial charge in [0.25, 0.3) is 5.91 Å². The molecule has 0 bridgehead atoms. The highest BCUT2D eigenvalue weighted by molar-refractivity contribution is 14.1. The number of hydrogen-bond donors (Lipinski definition) is 1. The van der Waals surface area contributed by atoms with Crippen molar-refractivity contribution < 1.29 is 19.4 Å². The molecule has 1 N–H and O–H groups in total. The normalized spacial score (nSPS) is 20.1. The maximum absolute atomic E-state index is 13.6. The number of aliphatic hydroxyl groups excluding tert-OH is 1. The fourth-order valence-electron chi connectivity index (χ4n) is 4.89. The number of aliphatic hydroxyl groups is 1. The van der Waals surface area contributed by atoms with Crippen LogP contribution in [0, 0.1) is 3.57 Å². The van der Waals surface area contributed by atoms with E-state index in [1.54, 1.807) is 0 Å². The highest BCUT2D eigenvalue weighted by Gasteiger charge is 2.32. The van der Waals surface area contributed by atoms with E-state index in [0.29, 0.717) is 31.9 Å². The van der Waals surface area contributed by atoms with Gasteiger partial charge in [0.15, 0.2) is 5.76 Å². The van der Waals surface area contributed by atoms with Gasteiger partial charge in [0.1, 0.15) is 0 Å². The van der Waals surface area contributed by atoms with Gasteiger partial charge in [-0.2, -0.15) is 0 Å². The number of benzene rings is 3. The Labute approximate surface area is 238 Å². The van der Waals surface area contributed by atoms with E-state index < -0.39 is 6.29 Å². The van der Waals surface area contributed by atoms with Gasteiger partial charge >= 0.3 is 0 Å². The molecule has 5 rings (SSSR count). The summed E-state index contributed by atoms with van der Waals surface area (Å²) in [6.45, 7) is 4.28. The Kier molecular flexibility index (Phi) is 9.11. The summed E-state index contributed by atoms with van der Waals surface area (Å²) in [6, 6.07) is 26.5. The summed E-state index contributed by atoms with van der Waals surface area (Å²) in [4.78, 5) is 17.9. The van der Waals surface area contributed by atoms with Crippen molar-refractivity contribution in [3.05, 3.63) is 117 Å². The smallest absolute Gasteiger partial charge is 0.288 e. The fourth-order valence-corrected chi connectivity index (χ4v) is 5.25. The van der Waals surface area contributed by atoms with Crippen LogP contribution in [0.1, 0.15) is 34.6 Å². The Morgan fingerprint density at radius 2 is 1.58 bits per heavy atom. The van der Waals surface area contributed by atoms with Crippen molar-refractivity contribution in [1.82, 2.24) is 9.80 Å². The van der Waals surface area contributed by atoms with Crippen molar-refractivity contribution in [1.29, 1.82) is 0 Å². The molecule has 7 heteroatoms. The molecule has 1 saturated heterocycles. The Bertz CT molecular complexity index is 1220. The van der Waals surface area contributed by atoms with Crippen LogP contribution in [0.4, 0.5) is 0 Å². The van der Waals surface area contributed by atoms with Crippen LogP contribution in [0.15, 0.2) is 90.7 Å². The summed E-state index contributed by atoms with van der Waals surface area (Å²) in [5, 5.41) is 9.29. The molecule has 2 heterocycles. The summed E-state index contributed by atoms with van der Waals surface area (Å²) < 4.78 is 13.5. The second-order valence-electron chi connectivity index (χ2n) is 9.81. The molecule has 38 heavy (non-hydrogen) atoms. The van der Waals surface area contributed by atoms with Gasteiger partial charge in [-0.25, -0.2) is 0 Å². The molecule has 0 aromatic heterocycles. The summed E-state index contributed by atoms with van der Waals surface area (Å²) in [5.41, 5.74) is 4.29. The molecule has 2 aliphatic rings. The summed E-state index contributed by atoms with van der Waals surface area (Å²) in [5.74, 6) is 0.332. The van der Waals surface area contributed by atoms with E-state index in [9.17, 15) is 9.90 Å². The third-order valence-corrected chi connectivity index (χ3v) is 7.84. The Morgan fingerprint density at radius 1 is 0.895 bits per heavy atom. The zero-order valence-corrected chi connectivity index (χ0v) is 23.5. The number of nitrogens with zero attached hydrogens (tertiary/aromatic N) is 2. The van der Waals surface area contributed by atoms with Gasteiger partial charge in [-0.1, -0.05) is 66.7 Å². The average molecular weight is 625 g/mol. The van der Waals surface area contributed by atoms with Crippen LogP contribution in [-0.4, -0.2) is 53.3 Å². The van der Waals surface area contributed by atoms with E-state index >= 15 is 0 Å². The first-order valence-corrected chi connectivity index (χ1v) is 14.1. The van der Waals surface area contributed by atoms with Gasteiger partial charge < -0.3 is 19.5 Å². The SMILES string of the molecule is O=C(C1=C[C@@H](c2ccc(I)cc2)C[C@@H](OCc2ccc(CO)cc2)O1)N1CCN(Cc2ccccc2)CC1. The average Bonchev–Trinajstić information content (AvgIpc) is 2.97. The summed E-state index contributed by atoms with van der Waals surface area (Å²) >= 11 is 2.30.